The van der Waals surface area contributed by atoms with Crippen LogP contribution in [-0.2, 0) is 11.2 Å². The second-order valence-electron chi connectivity index (χ2n) is 6.22. The van der Waals surface area contributed by atoms with E-state index in [1.54, 1.807) is 6.20 Å². The van der Waals surface area contributed by atoms with Crippen molar-refractivity contribution < 1.29 is 9.90 Å². The van der Waals surface area contributed by atoms with Crippen LogP contribution in [0.15, 0.2) is 66.9 Å². The molecule has 0 spiro atoms. The summed E-state index contributed by atoms with van der Waals surface area (Å²) in [6, 6.07) is 20.2. The number of aliphatic carboxylic acids is 1. The molecule has 0 saturated heterocycles. The van der Waals surface area contributed by atoms with Crippen LogP contribution in [0.1, 0.15) is 11.1 Å². The molecule has 4 aromatic rings. The van der Waals surface area contributed by atoms with E-state index in [9.17, 15) is 9.90 Å². The number of para-hydroxylation sites is 1. The summed E-state index contributed by atoms with van der Waals surface area (Å²) in [5.74, 6) is -0.826. The van der Waals surface area contributed by atoms with Gasteiger partial charge < -0.3 is 5.11 Å². The first-order chi connectivity index (χ1) is 12.1. The van der Waals surface area contributed by atoms with E-state index in [2.05, 4.69) is 23.2 Å². The van der Waals surface area contributed by atoms with Gasteiger partial charge in [-0.15, -0.1) is 0 Å². The molecule has 0 atom stereocenters. The van der Waals surface area contributed by atoms with Crippen molar-refractivity contribution >= 4 is 27.6 Å². The van der Waals surface area contributed by atoms with Gasteiger partial charge in [-0.25, -0.2) is 0 Å². The number of pyridine rings is 1. The Hall–Kier alpha value is -3.20. The Bertz CT molecular complexity index is 1110. The minimum atomic E-state index is -0.826. The second-order valence-corrected chi connectivity index (χ2v) is 6.22. The van der Waals surface area contributed by atoms with Gasteiger partial charge in [0.05, 0.1) is 11.9 Å². The molecule has 3 aromatic carbocycles. The highest BCUT2D eigenvalue weighted by molar-refractivity contribution is 6.06. The van der Waals surface area contributed by atoms with E-state index in [1.807, 2.05) is 49.4 Å². The normalized spacial score (nSPS) is 11.1. The molecule has 0 aliphatic carbocycles. The Morgan fingerprint density at radius 1 is 1.00 bits per heavy atom. The zero-order chi connectivity index (χ0) is 17.4. The average molecular weight is 327 g/mol. The summed E-state index contributed by atoms with van der Waals surface area (Å²) < 4.78 is 0. The van der Waals surface area contributed by atoms with Crippen molar-refractivity contribution in [3.8, 4) is 11.1 Å². The van der Waals surface area contributed by atoms with E-state index in [0.717, 1.165) is 43.9 Å². The summed E-state index contributed by atoms with van der Waals surface area (Å²) >= 11 is 0. The minimum Gasteiger partial charge on any atom is -0.481 e. The van der Waals surface area contributed by atoms with E-state index in [4.69, 9.17) is 0 Å². The number of aryl methyl sites for hydroxylation is 1. The Balaban J connectivity index is 2.16. The fourth-order valence-corrected chi connectivity index (χ4v) is 3.52. The molecule has 1 aromatic heterocycles. The summed E-state index contributed by atoms with van der Waals surface area (Å²) in [4.78, 5) is 16.1. The lowest BCUT2D eigenvalue weighted by molar-refractivity contribution is -0.136. The number of fused-ring (bicyclic) bond motifs is 2. The number of carboxylic acid groups (broad SMARTS) is 1. The first-order valence-electron chi connectivity index (χ1n) is 8.22. The maximum atomic E-state index is 11.5. The molecule has 0 bridgehead atoms. The zero-order valence-electron chi connectivity index (χ0n) is 13.9. The minimum absolute atomic E-state index is 0.00474. The van der Waals surface area contributed by atoms with E-state index in [-0.39, 0.29) is 6.42 Å². The number of rotatable bonds is 3. The van der Waals surface area contributed by atoms with Crippen molar-refractivity contribution in [1.82, 2.24) is 4.98 Å². The summed E-state index contributed by atoms with van der Waals surface area (Å²) in [5, 5.41) is 12.6. The average Bonchev–Trinajstić information content (AvgIpc) is 2.62. The molecule has 122 valence electrons. The van der Waals surface area contributed by atoms with Crippen molar-refractivity contribution in [2.45, 2.75) is 13.3 Å². The summed E-state index contributed by atoms with van der Waals surface area (Å²) in [7, 11) is 0. The lowest BCUT2D eigenvalue weighted by Crippen LogP contribution is -2.05. The van der Waals surface area contributed by atoms with Crippen LogP contribution in [-0.4, -0.2) is 16.1 Å². The molecule has 4 rings (SSSR count). The van der Waals surface area contributed by atoms with Crippen LogP contribution in [0, 0.1) is 6.92 Å². The van der Waals surface area contributed by atoms with Gasteiger partial charge in [0, 0.05) is 17.1 Å². The van der Waals surface area contributed by atoms with Crippen molar-refractivity contribution in [1.29, 1.82) is 0 Å². The van der Waals surface area contributed by atoms with Gasteiger partial charge in [-0.3, -0.25) is 9.78 Å². The molecule has 0 unspecified atom stereocenters. The van der Waals surface area contributed by atoms with Gasteiger partial charge in [-0.1, -0.05) is 54.6 Å². The highest BCUT2D eigenvalue weighted by Crippen LogP contribution is 2.37. The lowest BCUT2D eigenvalue weighted by atomic mass is 9.87. The highest BCUT2D eigenvalue weighted by Gasteiger charge is 2.17. The predicted octanol–water partition coefficient (Wildman–Crippen LogP) is 4.99. The first kappa shape index (κ1) is 15.3. The summed E-state index contributed by atoms with van der Waals surface area (Å²) in [6.07, 6.45) is 1.77. The zero-order valence-corrected chi connectivity index (χ0v) is 13.9. The van der Waals surface area contributed by atoms with Crippen LogP contribution in [0.4, 0.5) is 0 Å². The molecular formula is C22H17NO2. The molecule has 1 heterocycles. The maximum Gasteiger partial charge on any atom is 0.307 e. The van der Waals surface area contributed by atoms with Crippen LogP contribution >= 0.6 is 0 Å². The number of nitrogens with zero attached hydrogens (tertiary/aromatic N) is 1. The number of benzene rings is 3. The third kappa shape index (κ3) is 2.64. The number of carbonyl (C=O) groups is 1. The molecule has 0 radical (unpaired) electrons. The number of aromatic nitrogens is 1. The second kappa shape index (κ2) is 6.02. The Morgan fingerprint density at radius 3 is 2.60 bits per heavy atom. The van der Waals surface area contributed by atoms with Gasteiger partial charge in [0.2, 0.25) is 0 Å². The van der Waals surface area contributed by atoms with Gasteiger partial charge in [0.25, 0.3) is 0 Å². The lowest BCUT2D eigenvalue weighted by Gasteiger charge is -2.17. The summed E-state index contributed by atoms with van der Waals surface area (Å²) in [6.45, 7) is 1.98. The molecule has 0 aliphatic rings. The number of hydrogen-bond acceptors (Lipinski definition) is 2. The van der Waals surface area contributed by atoms with E-state index < -0.39 is 5.97 Å². The Kier molecular flexibility index (Phi) is 3.69. The fourth-order valence-electron chi connectivity index (χ4n) is 3.52. The van der Waals surface area contributed by atoms with Crippen LogP contribution < -0.4 is 0 Å². The van der Waals surface area contributed by atoms with Gasteiger partial charge >= 0.3 is 5.97 Å². The molecule has 0 saturated carbocycles. The predicted molar refractivity (Wildman–Crippen MR) is 101 cm³/mol. The van der Waals surface area contributed by atoms with Crippen LogP contribution in [0.3, 0.4) is 0 Å². The molecule has 25 heavy (non-hydrogen) atoms. The fraction of sp³-hybridized carbons (Fsp3) is 0.0909. The monoisotopic (exact) mass is 327 g/mol. The molecule has 0 aliphatic heterocycles. The van der Waals surface area contributed by atoms with E-state index in [1.165, 1.54) is 0 Å². The quantitative estimate of drug-likeness (QED) is 0.576. The Morgan fingerprint density at radius 2 is 1.76 bits per heavy atom. The number of hydrogen-bond donors (Lipinski definition) is 1. The smallest absolute Gasteiger partial charge is 0.307 e. The highest BCUT2D eigenvalue weighted by atomic mass is 16.4. The van der Waals surface area contributed by atoms with Gasteiger partial charge in [0.1, 0.15) is 0 Å². The molecule has 3 heteroatoms. The van der Waals surface area contributed by atoms with Crippen molar-refractivity contribution in [2.24, 2.45) is 0 Å². The first-order valence-corrected chi connectivity index (χ1v) is 8.22. The molecular weight excluding hydrogens is 310 g/mol. The molecule has 0 amide bonds. The van der Waals surface area contributed by atoms with Gasteiger partial charge in [-0.2, -0.15) is 0 Å². The van der Waals surface area contributed by atoms with Crippen LogP contribution in [0.5, 0.6) is 0 Å². The summed E-state index contributed by atoms with van der Waals surface area (Å²) in [5.41, 5.74) is 4.69. The Labute approximate surface area is 145 Å². The molecule has 3 nitrogen and oxygen atoms in total. The van der Waals surface area contributed by atoms with Crippen LogP contribution in [0.25, 0.3) is 32.8 Å². The molecule has 0 fully saturated rings. The van der Waals surface area contributed by atoms with E-state index >= 15 is 0 Å². The number of carboxylic acids is 1. The topological polar surface area (TPSA) is 50.2 Å². The van der Waals surface area contributed by atoms with Gasteiger partial charge in [-0.05, 0) is 40.5 Å². The third-order valence-corrected chi connectivity index (χ3v) is 4.61. The van der Waals surface area contributed by atoms with Crippen molar-refractivity contribution in [3.05, 3.63) is 78.0 Å². The van der Waals surface area contributed by atoms with Crippen molar-refractivity contribution in [3.63, 3.8) is 0 Å². The standard InChI is InChI=1S/C22H17NO2/c1-14-12-16-6-2-3-9-17(16)21(19(14)13-20(24)25)18-10-4-7-15-8-5-11-23-22(15)18/h2-12H,13H2,1H3,(H,24,25). The van der Waals surface area contributed by atoms with E-state index in [0.29, 0.717) is 0 Å². The third-order valence-electron chi connectivity index (χ3n) is 4.61. The van der Waals surface area contributed by atoms with Gasteiger partial charge in [0.15, 0.2) is 0 Å². The van der Waals surface area contributed by atoms with Crippen LogP contribution in [0.2, 0.25) is 0 Å². The SMILES string of the molecule is Cc1cc2ccccc2c(-c2cccc3cccnc23)c1CC(=O)O. The molecule has 1 N–H and O–H groups in total. The van der Waals surface area contributed by atoms with Crippen molar-refractivity contribution in [2.75, 3.05) is 0 Å². The largest absolute Gasteiger partial charge is 0.481 e. The maximum absolute atomic E-state index is 11.5.